The van der Waals surface area contributed by atoms with Crippen molar-refractivity contribution in [2.75, 3.05) is 19.6 Å². The van der Waals surface area contributed by atoms with Crippen molar-refractivity contribution in [3.05, 3.63) is 0 Å². The number of alkyl halides is 3. The SMILES string of the molecule is CCNC(=NCCC(F)(F)F)NCCC(=O)NC1CCCC1. The second-order valence-corrected chi connectivity index (χ2v) is 5.35. The molecule has 0 unspecified atom stereocenters. The van der Waals surface area contributed by atoms with Crippen molar-refractivity contribution in [2.24, 2.45) is 4.99 Å². The molecule has 0 bridgehead atoms. The maximum atomic E-state index is 12.1. The van der Waals surface area contributed by atoms with E-state index in [1.54, 1.807) is 0 Å². The molecule has 0 atom stereocenters. The van der Waals surface area contributed by atoms with Gasteiger partial charge in [0.05, 0.1) is 13.0 Å². The fraction of sp³-hybridized carbons (Fsp3) is 0.857. The average molecular weight is 322 g/mol. The van der Waals surface area contributed by atoms with Gasteiger partial charge in [-0.25, -0.2) is 0 Å². The maximum absolute atomic E-state index is 12.1. The summed E-state index contributed by atoms with van der Waals surface area (Å²) in [6.07, 6.45) is -0.519. The predicted molar refractivity (Wildman–Crippen MR) is 79.7 cm³/mol. The summed E-state index contributed by atoms with van der Waals surface area (Å²) < 4.78 is 36.2. The quantitative estimate of drug-likeness (QED) is 0.496. The lowest BCUT2D eigenvalue weighted by molar-refractivity contribution is -0.132. The van der Waals surface area contributed by atoms with Gasteiger partial charge in [-0.2, -0.15) is 13.2 Å². The Balaban J connectivity index is 2.24. The number of hydrogen-bond donors (Lipinski definition) is 3. The largest absolute Gasteiger partial charge is 0.390 e. The van der Waals surface area contributed by atoms with Crippen molar-refractivity contribution in [2.45, 2.75) is 57.7 Å². The number of carbonyl (C=O) groups excluding carboxylic acids is 1. The summed E-state index contributed by atoms with van der Waals surface area (Å²) in [6, 6.07) is 0.279. The van der Waals surface area contributed by atoms with Crippen molar-refractivity contribution in [3.63, 3.8) is 0 Å². The van der Waals surface area contributed by atoms with E-state index < -0.39 is 12.6 Å². The Morgan fingerprint density at radius 2 is 1.91 bits per heavy atom. The lowest BCUT2D eigenvalue weighted by Gasteiger charge is -2.14. The molecule has 0 aliphatic heterocycles. The first-order chi connectivity index (χ1) is 10.4. The Bertz CT molecular complexity index is 366. The van der Waals surface area contributed by atoms with Crippen LogP contribution in [0.2, 0.25) is 0 Å². The third-order valence-corrected chi connectivity index (χ3v) is 3.37. The fourth-order valence-electron chi connectivity index (χ4n) is 2.30. The normalized spacial score (nSPS) is 16.6. The minimum atomic E-state index is -4.21. The molecule has 0 aromatic heterocycles. The number of rotatable bonds is 7. The van der Waals surface area contributed by atoms with Gasteiger partial charge in [0.1, 0.15) is 0 Å². The maximum Gasteiger partial charge on any atom is 0.390 e. The summed E-state index contributed by atoms with van der Waals surface area (Å²) >= 11 is 0. The zero-order valence-electron chi connectivity index (χ0n) is 12.9. The van der Waals surface area contributed by atoms with E-state index in [0.29, 0.717) is 19.0 Å². The van der Waals surface area contributed by atoms with E-state index in [9.17, 15) is 18.0 Å². The second kappa shape index (κ2) is 9.53. The molecule has 0 heterocycles. The Morgan fingerprint density at radius 1 is 1.23 bits per heavy atom. The number of nitrogens with one attached hydrogen (secondary N) is 3. The molecule has 5 nitrogen and oxygen atoms in total. The zero-order chi connectivity index (χ0) is 16.4. The molecule has 0 aromatic rings. The molecular weight excluding hydrogens is 297 g/mol. The van der Waals surface area contributed by atoms with Gasteiger partial charge in [0.15, 0.2) is 5.96 Å². The minimum absolute atomic E-state index is 0.0365. The number of carbonyl (C=O) groups is 1. The molecule has 0 saturated heterocycles. The molecule has 0 spiro atoms. The average Bonchev–Trinajstić information content (AvgIpc) is 2.90. The molecule has 22 heavy (non-hydrogen) atoms. The van der Waals surface area contributed by atoms with Gasteiger partial charge in [-0.15, -0.1) is 0 Å². The number of nitrogens with zero attached hydrogens (tertiary/aromatic N) is 1. The van der Waals surface area contributed by atoms with Crippen LogP contribution >= 0.6 is 0 Å². The van der Waals surface area contributed by atoms with Gasteiger partial charge in [0.25, 0.3) is 0 Å². The van der Waals surface area contributed by atoms with Gasteiger partial charge in [-0.1, -0.05) is 12.8 Å². The lowest BCUT2D eigenvalue weighted by Crippen LogP contribution is -2.40. The van der Waals surface area contributed by atoms with Crippen LogP contribution in [0, 0.1) is 0 Å². The number of hydrogen-bond acceptors (Lipinski definition) is 2. The monoisotopic (exact) mass is 322 g/mol. The first-order valence-electron chi connectivity index (χ1n) is 7.79. The minimum Gasteiger partial charge on any atom is -0.357 e. The first-order valence-corrected chi connectivity index (χ1v) is 7.79. The van der Waals surface area contributed by atoms with Crippen LogP contribution in [0.4, 0.5) is 13.2 Å². The summed E-state index contributed by atoms with van der Waals surface area (Å²) in [7, 11) is 0. The van der Waals surface area contributed by atoms with E-state index in [-0.39, 0.29) is 24.9 Å². The molecule has 1 amide bonds. The van der Waals surface area contributed by atoms with Crippen LogP contribution in [-0.2, 0) is 4.79 Å². The van der Waals surface area contributed by atoms with Gasteiger partial charge in [0, 0.05) is 25.6 Å². The molecule has 128 valence electrons. The summed E-state index contributed by atoms with van der Waals surface area (Å²) in [5.41, 5.74) is 0. The lowest BCUT2D eigenvalue weighted by atomic mass is 10.2. The van der Waals surface area contributed by atoms with E-state index >= 15 is 0 Å². The molecule has 1 fully saturated rings. The Labute approximate surface area is 129 Å². The fourth-order valence-corrected chi connectivity index (χ4v) is 2.30. The van der Waals surface area contributed by atoms with E-state index in [1.807, 2.05) is 6.92 Å². The number of halogens is 3. The first kappa shape index (κ1) is 18.6. The molecule has 1 saturated carbocycles. The van der Waals surface area contributed by atoms with Crippen LogP contribution in [0.5, 0.6) is 0 Å². The highest BCUT2D eigenvalue weighted by Gasteiger charge is 2.26. The van der Waals surface area contributed by atoms with Crippen molar-refractivity contribution in [1.29, 1.82) is 0 Å². The van der Waals surface area contributed by atoms with Crippen LogP contribution in [0.3, 0.4) is 0 Å². The van der Waals surface area contributed by atoms with Crippen LogP contribution in [0.1, 0.15) is 45.4 Å². The van der Waals surface area contributed by atoms with Gasteiger partial charge in [-0.3, -0.25) is 9.79 Å². The Kier molecular flexibility index (Phi) is 8.05. The molecular formula is C14H25F3N4O. The standard InChI is InChI=1S/C14H25F3N4O/c1-2-18-13(20-10-8-14(15,16)17)19-9-7-12(22)21-11-5-3-4-6-11/h11H,2-10H2,1H3,(H,21,22)(H2,18,19,20). The highest BCUT2D eigenvalue weighted by atomic mass is 19.4. The second-order valence-electron chi connectivity index (χ2n) is 5.35. The van der Waals surface area contributed by atoms with E-state index in [0.717, 1.165) is 25.7 Å². The van der Waals surface area contributed by atoms with Crippen molar-refractivity contribution in [1.82, 2.24) is 16.0 Å². The molecule has 3 N–H and O–H groups in total. The van der Waals surface area contributed by atoms with Crippen LogP contribution in [-0.4, -0.2) is 43.7 Å². The van der Waals surface area contributed by atoms with Gasteiger partial charge in [-0.05, 0) is 19.8 Å². The smallest absolute Gasteiger partial charge is 0.357 e. The predicted octanol–water partition coefficient (Wildman–Crippen LogP) is 1.94. The van der Waals surface area contributed by atoms with Crippen LogP contribution < -0.4 is 16.0 Å². The molecule has 1 aliphatic rings. The van der Waals surface area contributed by atoms with E-state index in [2.05, 4.69) is 20.9 Å². The molecule has 0 radical (unpaired) electrons. The summed E-state index contributed by atoms with van der Waals surface area (Å²) in [4.78, 5) is 15.6. The molecule has 1 rings (SSSR count). The van der Waals surface area contributed by atoms with Gasteiger partial charge < -0.3 is 16.0 Å². The highest BCUT2D eigenvalue weighted by Crippen LogP contribution is 2.19. The van der Waals surface area contributed by atoms with Gasteiger partial charge in [0.2, 0.25) is 5.91 Å². The third kappa shape index (κ3) is 8.74. The van der Waals surface area contributed by atoms with Gasteiger partial charge >= 0.3 is 6.18 Å². The summed E-state index contributed by atoms with van der Waals surface area (Å²) in [5, 5.41) is 8.69. The zero-order valence-corrected chi connectivity index (χ0v) is 12.9. The van der Waals surface area contributed by atoms with Crippen molar-refractivity contribution in [3.8, 4) is 0 Å². The topological polar surface area (TPSA) is 65.5 Å². The highest BCUT2D eigenvalue weighted by molar-refractivity contribution is 5.81. The molecule has 1 aliphatic carbocycles. The number of guanidine groups is 1. The number of amides is 1. The van der Waals surface area contributed by atoms with Crippen molar-refractivity contribution >= 4 is 11.9 Å². The molecule has 8 heteroatoms. The Hall–Kier alpha value is -1.47. The summed E-state index contributed by atoms with van der Waals surface area (Å²) in [6.45, 7) is 2.39. The van der Waals surface area contributed by atoms with Crippen LogP contribution in [0.15, 0.2) is 4.99 Å². The number of aliphatic imine (C=N–C) groups is 1. The third-order valence-electron chi connectivity index (χ3n) is 3.37. The van der Waals surface area contributed by atoms with E-state index in [4.69, 9.17) is 0 Å². The van der Waals surface area contributed by atoms with Crippen molar-refractivity contribution < 1.29 is 18.0 Å². The Morgan fingerprint density at radius 3 is 2.50 bits per heavy atom. The molecule has 0 aromatic carbocycles. The van der Waals surface area contributed by atoms with E-state index in [1.165, 1.54) is 0 Å². The summed E-state index contributed by atoms with van der Waals surface area (Å²) in [5.74, 6) is 0.269. The van der Waals surface area contributed by atoms with Crippen LogP contribution in [0.25, 0.3) is 0 Å².